The molecule has 7 heteroatoms. The molecule has 7 nitrogen and oxygen atoms in total. The molecule has 0 fully saturated rings. The molecule has 0 aliphatic heterocycles. The summed E-state index contributed by atoms with van der Waals surface area (Å²) in [6.07, 6.45) is 10.1. The maximum atomic E-state index is 5.52. The van der Waals surface area contributed by atoms with Gasteiger partial charge in [0, 0.05) is 23.5 Å². The van der Waals surface area contributed by atoms with Gasteiger partial charge in [-0.3, -0.25) is 4.98 Å². The highest BCUT2D eigenvalue weighted by atomic mass is 16.3. The average molecular weight is 316 g/mol. The van der Waals surface area contributed by atoms with Gasteiger partial charge in [-0.2, -0.15) is 10.2 Å². The van der Waals surface area contributed by atoms with Crippen LogP contribution in [0, 0.1) is 0 Å². The van der Waals surface area contributed by atoms with Gasteiger partial charge >= 0.3 is 0 Å². The molecule has 1 N–H and O–H groups in total. The van der Waals surface area contributed by atoms with Crippen LogP contribution in [0.25, 0.3) is 22.6 Å². The molecule has 0 atom stereocenters. The average Bonchev–Trinajstić information content (AvgIpc) is 3.18. The van der Waals surface area contributed by atoms with E-state index in [9.17, 15) is 0 Å². The third-order valence-corrected chi connectivity index (χ3v) is 3.36. The number of nitrogens with one attached hydrogen (secondary N) is 1. The van der Waals surface area contributed by atoms with Crippen LogP contribution in [0.15, 0.2) is 72.0 Å². The van der Waals surface area contributed by atoms with Gasteiger partial charge in [0.05, 0.1) is 30.5 Å². The molecule has 0 bridgehead atoms. The van der Waals surface area contributed by atoms with Gasteiger partial charge in [0.15, 0.2) is 5.76 Å². The van der Waals surface area contributed by atoms with E-state index in [0.717, 1.165) is 16.8 Å². The van der Waals surface area contributed by atoms with E-state index in [4.69, 9.17) is 4.42 Å². The van der Waals surface area contributed by atoms with Crippen molar-refractivity contribution in [3.8, 4) is 22.6 Å². The fourth-order valence-electron chi connectivity index (χ4n) is 2.27. The molecule has 116 valence electrons. The Morgan fingerprint density at radius 1 is 0.917 bits per heavy atom. The largest absolute Gasteiger partial charge is 0.463 e. The number of furan rings is 1. The molecule has 0 aromatic carbocycles. The van der Waals surface area contributed by atoms with Crippen molar-refractivity contribution in [3.05, 3.63) is 67.6 Å². The highest BCUT2D eigenvalue weighted by Crippen LogP contribution is 2.30. The van der Waals surface area contributed by atoms with Gasteiger partial charge in [0.2, 0.25) is 5.95 Å². The lowest BCUT2D eigenvalue weighted by Gasteiger charge is -2.09. The van der Waals surface area contributed by atoms with Crippen LogP contribution in [0.1, 0.15) is 0 Å². The smallest absolute Gasteiger partial charge is 0.227 e. The number of hydrogen-bond donors (Lipinski definition) is 1. The van der Waals surface area contributed by atoms with Crippen LogP contribution >= 0.6 is 0 Å². The van der Waals surface area contributed by atoms with Crippen molar-refractivity contribution < 1.29 is 4.42 Å². The molecular formula is C17H12N6O. The van der Waals surface area contributed by atoms with E-state index in [1.165, 1.54) is 0 Å². The summed E-state index contributed by atoms with van der Waals surface area (Å²) in [5, 5.41) is 10.8. The normalized spacial score (nSPS) is 10.5. The van der Waals surface area contributed by atoms with Crippen molar-refractivity contribution in [3.63, 3.8) is 0 Å². The zero-order valence-electron chi connectivity index (χ0n) is 12.5. The Balaban J connectivity index is 1.78. The minimum atomic E-state index is 0.458. The molecule has 0 unspecified atom stereocenters. The van der Waals surface area contributed by atoms with Crippen molar-refractivity contribution in [2.24, 2.45) is 0 Å². The van der Waals surface area contributed by atoms with E-state index in [-0.39, 0.29) is 0 Å². The van der Waals surface area contributed by atoms with E-state index in [2.05, 4.69) is 30.5 Å². The summed E-state index contributed by atoms with van der Waals surface area (Å²) in [4.78, 5) is 13.0. The van der Waals surface area contributed by atoms with Gasteiger partial charge < -0.3 is 9.73 Å². The molecule has 0 saturated carbocycles. The van der Waals surface area contributed by atoms with Gasteiger partial charge in [-0.1, -0.05) is 0 Å². The lowest BCUT2D eigenvalue weighted by atomic mass is 10.1. The standard InChI is InChI=1S/C17H12N6O/c1-3-13(10-18-6-1)22-17-19-11-14(12-5-7-20-21-9-12)16(23-17)15-4-2-8-24-15/h1-11H,(H,19,22,23). The zero-order chi connectivity index (χ0) is 16.2. The first-order chi connectivity index (χ1) is 11.9. The van der Waals surface area contributed by atoms with Crippen molar-refractivity contribution in [1.82, 2.24) is 25.1 Å². The predicted molar refractivity (Wildman–Crippen MR) is 88.3 cm³/mol. The molecule has 4 aromatic heterocycles. The summed E-state index contributed by atoms with van der Waals surface area (Å²) in [5.74, 6) is 1.11. The molecule has 4 heterocycles. The quantitative estimate of drug-likeness (QED) is 0.617. The fraction of sp³-hybridized carbons (Fsp3) is 0. The van der Waals surface area contributed by atoms with E-state index in [1.54, 1.807) is 37.2 Å². The van der Waals surface area contributed by atoms with Crippen LogP contribution in [0.5, 0.6) is 0 Å². The van der Waals surface area contributed by atoms with Crippen molar-refractivity contribution in [1.29, 1.82) is 0 Å². The zero-order valence-corrected chi connectivity index (χ0v) is 12.5. The number of nitrogens with zero attached hydrogens (tertiary/aromatic N) is 5. The van der Waals surface area contributed by atoms with E-state index in [1.807, 2.05) is 30.3 Å². The fourth-order valence-corrected chi connectivity index (χ4v) is 2.27. The van der Waals surface area contributed by atoms with Crippen LogP contribution in [0.3, 0.4) is 0 Å². The van der Waals surface area contributed by atoms with Crippen LogP contribution in [-0.4, -0.2) is 25.1 Å². The van der Waals surface area contributed by atoms with Gasteiger partial charge in [0.25, 0.3) is 0 Å². The van der Waals surface area contributed by atoms with Crippen LogP contribution in [0.2, 0.25) is 0 Å². The maximum Gasteiger partial charge on any atom is 0.227 e. The molecule has 0 amide bonds. The van der Waals surface area contributed by atoms with Crippen molar-refractivity contribution in [2.45, 2.75) is 0 Å². The minimum Gasteiger partial charge on any atom is -0.463 e. The third-order valence-electron chi connectivity index (χ3n) is 3.36. The SMILES string of the molecule is c1cncc(Nc2ncc(-c3ccnnc3)c(-c3ccco3)n2)c1. The molecule has 0 spiro atoms. The summed E-state index contributed by atoms with van der Waals surface area (Å²) in [6.45, 7) is 0. The minimum absolute atomic E-state index is 0.458. The number of hydrogen-bond acceptors (Lipinski definition) is 7. The van der Waals surface area contributed by atoms with E-state index in [0.29, 0.717) is 17.4 Å². The van der Waals surface area contributed by atoms with E-state index >= 15 is 0 Å². The van der Waals surface area contributed by atoms with Crippen LogP contribution < -0.4 is 5.32 Å². The topological polar surface area (TPSA) is 89.6 Å². The second-order valence-corrected chi connectivity index (χ2v) is 4.93. The summed E-state index contributed by atoms with van der Waals surface area (Å²) in [7, 11) is 0. The number of pyridine rings is 1. The van der Waals surface area contributed by atoms with Crippen molar-refractivity contribution in [2.75, 3.05) is 5.32 Å². The second kappa shape index (κ2) is 6.25. The summed E-state index contributed by atoms with van der Waals surface area (Å²) >= 11 is 0. The molecule has 4 rings (SSSR count). The molecular weight excluding hydrogens is 304 g/mol. The lowest BCUT2D eigenvalue weighted by molar-refractivity contribution is 0.580. The van der Waals surface area contributed by atoms with E-state index < -0.39 is 0 Å². The summed E-state index contributed by atoms with van der Waals surface area (Å²) < 4.78 is 5.52. The first-order valence-electron chi connectivity index (χ1n) is 7.25. The Bertz CT molecular complexity index is 926. The Morgan fingerprint density at radius 2 is 1.92 bits per heavy atom. The highest BCUT2D eigenvalue weighted by Gasteiger charge is 2.14. The second-order valence-electron chi connectivity index (χ2n) is 4.93. The number of aromatic nitrogens is 5. The van der Waals surface area contributed by atoms with Crippen molar-refractivity contribution >= 4 is 11.6 Å². The van der Waals surface area contributed by atoms with Gasteiger partial charge in [-0.15, -0.1) is 0 Å². The van der Waals surface area contributed by atoms with Gasteiger partial charge in [-0.25, -0.2) is 9.97 Å². The summed E-state index contributed by atoms with van der Waals surface area (Å²) in [5.41, 5.74) is 3.16. The third kappa shape index (κ3) is 2.82. The monoisotopic (exact) mass is 316 g/mol. The summed E-state index contributed by atoms with van der Waals surface area (Å²) in [6, 6.07) is 9.26. The highest BCUT2D eigenvalue weighted by molar-refractivity contribution is 5.78. The molecule has 0 aliphatic rings. The van der Waals surface area contributed by atoms with Gasteiger partial charge in [0.1, 0.15) is 5.69 Å². The Hall–Kier alpha value is -3.61. The first kappa shape index (κ1) is 14.0. The van der Waals surface area contributed by atoms with Crippen LogP contribution in [-0.2, 0) is 0 Å². The van der Waals surface area contributed by atoms with Gasteiger partial charge in [-0.05, 0) is 30.3 Å². The number of rotatable bonds is 4. The molecule has 4 aromatic rings. The molecule has 0 radical (unpaired) electrons. The Kier molecular flexibility index (Phi) is 3.65. The first-order valence-corrected chi connectivity index (χ1v) is 7.25. The molecule has 0 aliphatic carbocycles. The Labute approximate surface area is 137 Å². The maximum absolute atomic E-state index is 5.52. The molecule has 0 saturated heterocycles. The molecule has 24 heavy (non-hydrogen) atoms. The van der Waals surface area contributed by atoms with Crippen LogP contribution in [0.4, 0.5) is 11.6 Å². The lowest BCUT2D eigenvalue weighted by Crippen LogP contribution is -2.00. The predicted octanol–water partition coefficient (Wildman–Crippen LogP) is 3.33. The Morgan fingerprint density at radius 3 is 2.67 bits per heavy atom. The number of anilines is 2.